The van der Waals surface area contributed by atoms with Crippen LogP contribution in [0.2, 0.25) is 0 Å². The third-order valence-corrected chi connectivity index (χ3v) is 4.79. The van der Waals surface area contributed by atoms with Crippen molar-refractivity contribution < 1.29 is 4.79 Å². The van der Waals surface area contributed by atoms with Crippen LogP contribution in [0.1, 0.15) is 27.8 Å². The van der Waals surface area contributed by atoms with Crippen molar-refractivity contribution in [2.75, 3.05) is 19.6 Å². The molecule has 3 aromatic rings. The van der Waals surface area contributed by atoms with Gasteiger partial charge in [-0.05, 0) is 30.7 Å². The number of carbonyl (C=O) groups is 1. The minimum Gasteiger partial charge on any atom is -0.326 e. The number of nitrogens with zero attached hydrogens (tertiary/aromatic N) is 4. The van der Waals surface area contributed by atoms with Gasteiger partial charge >= 0.3 is 0 Å². The number of hydrogen-bond donors (Lipinski definition) is 1. The maximum atomic E-state index is 13.2. The van der Waals surface area contributed by atoms with Crippen LogP contribution in [-0.2, 0) is 0 Å². The lowest BCUT2D eigenvalue weighted by Crippen LogP contribution is -2.49. The van der Waals surface area contributed by atoms with Gasteiger partial charge in [-0.15, -0.1) is 10.2 Å². The molecule has 1 amide bonds. The highest BCUT2D eigenvalue weighted by Crippen LogP contribution is 2.24. The Labute approximate surface area is 158 Å². The second kappa shape index (κ2) is 7.63. The third kappa shape index (κ3) is 3.57. The lowest BCUT2D eigenvalue weighted by Gasteiger charge is -2.35. The van der Waals surface area contributed by atoms with E-state index in [-0.39, 0.29) is 11.9 Å². The van der Waals surface area contributed by atoms with Gasteiger partial charge in [-0.1, -0.05) is 36.4 Å². The van der Waals surface area contributed by atoms with Crippen molar-refractivity contribution in [3.8, 4) is 11.3 Å². The fraction of sp³-hybridized carbons (Fsp3) is 0.238. The van der Waals surface area contributed by atoms with E-state index in [0.29, 0.717) is 18.8 Å². The molecule has 2 aromatic heterocycles. The first-order valence-electron chi connectivity index (χ1n) is 9.06. The van der Waals surface area contributed by atoms with Crippen LogP contribution in [0, 0.1) is 6.92 Å². The number of benzene rings is 1. The first-order chi connectivity index (χ1) is 13.2. The Morgan fingerprint density at radius 1 is 1.11 bits per heavy atom. The van der Waals surface area contributed by atoms with E-state index in [0.717, 1.165) is 29.1 Å². The Bertz CT molecular complexity index is 930. The van der Waals surface area contributed by atoms with E-state index >= 15 is 0 Å². The summed E-state index contributed by atoms with van der Waals surface area (Å²) in [5.74, 6) is -0.100. The molecule has 3 heterocycles. The summed E-state index contributed by atoms with van der Waals surface area (Å²) >= 11 is 0. The molecule has 136 valence electrons. The molecule has 1 saturated heterocycles. The van der Waals surface area contributed by atoms with Crippen LogP contribution in [0.5, 0.6) is 0 Å². The van der Waals surface area contributed by atoms with Crippen molar-refractivity contribution in [2.24, 2.45) is 0 Å². The topological polar surface area (TPSA) is 71.0 Å². The molecule has 1 N–H and O–H groups in total. The molecule has 0 radical (unpaired) electrons. The van der Waals surface area contributed by atoms with Crippen molar-refractivity contribution >= 4 is 5.91 Å². The first kappa shape index (κ1) is 17.3. The summed E-state index contributed by atoms with van der Waals surface area (Å²) < 4.78 is 0. The SMILES string of the molecule is Cc1cc(-c2ccccc2)nnc1C(=O)N1CCNCC1c1ccccn1. The number of rotatable bonds is 3. The molecule has 0 saturated carbocycles. The summed E-state index contributed by atoms with van der Waals surface area (Å²) in [6.45, 7) is 3.95. The Morgan fingerprint density at radius 2 is 1.93 bits per heavy atom. The van der Waals surface area contributed by atoms with Gasteiger partial charge in [0.15, 0.2) is 5.69 Å². The maximum Gasteiger partial charge on any atom is 0.275 e. The van der Waals surface area contributed by atoms with Gasteiger partial charge < -0.3 is 10.2 Å². The van der Waals surface area contributed by atoms with E-state index in [4.69, 9.17) is 0 Å². The highest BCUT2D eigenvalue weighted by atomic mass is 16.2. The standard InChI is InChI=1S/C21H21N5O/c1-15-13-18(16-7-3-2-4-8-16)24-25-20(15)21(27)26-12-11-22-14-19(26)17-9-5-6-10-23-17/h2-10,13,19,22H,11-12,14H2,1H3. The van der Waals surface area contributed by atoms with Gasteiger partial charge in [-0.3, -0.25) is 9.78 Å². The number of piperazine rings is 1. The number of amides is 1. The van der Waals surface area contributed by atoms with E-state index in [9.17, 15) is 4.79 Å². The number of nitrogens with one attached hydrogen (secondary N) is 1. The quantitative estimate of drug-likeness (QED) is 0.778. The molecular formula is C21H21N5O. The molecule has 0 aliphatic carbocycles. The zero-order valence-electron chi connectivity index (χ0n) is 15.2. The summed E-state index contributed by atoms with van der Waals surface area (Å²) in [5.41, 5.74) is 3.86. The summed E-state index contributed by atoms with van der Waals surface area (Å²) in [5, 5.41) is 11.9. The first-order valence-corrected chi connectivity index (χ1v) is 9.06. The maximum absolute atomic E-state index is 13.2. The predicted octanol–water partition coefficient (Wildman–Crippen LogP) is 2.63. The molecule has 1 aliphatic heterocycles. The average Bonchev–Trinajstić information content (AvgIpc) is 2.74. The van der Waals surface area contributed by atoms with Gasteiger partial charge in [0.1, 0.15) is 0 Å². The van der Waals surface area contributed by atoms with Crippen LogP contribution in [-0.4, -0.2) is 45.6 Å². The predicted molar refractivity (Wildman–Crippen MR) is 103 cm³/mol. The highest BCUT2D eigenvalue weighted by Gasteiger charge is 2.31. The zero-order valence-corrected chi connectivity index (χ0v) is 15.2. The molecular weight excluding hydrogens is 338 g/mol. The van der Waals surface area contributed by atoms with Gasteiger partial charge in [0, 0.05) is 31.4 Å². The van der Waals surface area contributed by atoms with Crippen LogP contribution in [0.25, 0.3) is 11.3 Å². The number of aromatic nitrogens is 3. The second-order valence-corrected chi connectivity index (χ2v) is 6.60. The molecule has 27 heavy (non-hydrogen) atoms. The third-order valence-electron chi connectivity index (χ3n) is 4.79. The number of aryl methyl sites for hydroxylation is 1. The number of carbonyl (C=O) groups excluding carboxylic acids is 1. The lowest BCUT2D eigenvalue weighted by molar-refractivity contribution is 0.0621. The largest absolute Gasteiger partial charge is 0.326 e. The summed E-state index contributed by atoms with van der Waals surface area (Å²) in [7, 11) is 0. The van der Waals surface area contributed by atoms with Gasteiger partial charge in [0.25, 0.3) is 5.91 Å². The molecule has 6 nitrogen and oxygen atoms in total. The Kier molecular flexibility index (Phi) is 4.89. The Hall–Kier alpha value is -3.12. The van der Waals surface area contributed by atoms with Crippen LogP contribution in [0.15, 0.2) is 60.8 Å². The molecule has 1 aromatic carbocycles. The van der Waals surface area contributed by atoms with E-state index < -0.39 is 0 Å². The Balaban J connectivity index is 1.63. The molecule has 1 atom stereocenters. The van der Waals surface area contributed by atoms with Crippen molar-refractivity contribution in [1.29, 1.82) is 0 Å². The lowest BCUT2D eigenvalue weighted by atomic mass is 10.1. The number of hydrogen-bond acceptors (Lipinski definition) is 5. The summed E-state index contributed by atoms with van der Waals surface area (Å²) in [6.07, 6.45) is 1.76. The Morgan fingerprint density at radius 3 is 2.67 bits per heavy atom. The van der Waals surface area contributed by atoms with Crippen molar-refractivity contribution in [3.05, 3.63) is 77.7 Å². The molecule has 6 heteroatoms. The fourth-order valence-corrected chi connectivity index (χ4v) is 3.37. The summed E-state index contributed by atoms with van der Waals surface area (Å²) in [6, 6.07) is 17.4. The van der Waals surface area contributed by atoms with Crippen molar-refractivity contribution in [3.63, 3.8) is 0 Å². The fourth-order valence-electron chi connectivity index (χ4n) is 3.37. The van der Waals surface area contributed by atoms with Crippen LogP contribution >= 0.6 is 0 Å². The molecule has 1 fully saturated rings. The molecule has 1 aliphatic rings. The average molecular weight is 359 g/mol. The molecule has 4 rings (SSSR count). The van der Waals surface area contributed by atoms with E-state index in [1.807, 2.05) is 66.4 Å². The number of pyridine rings is 1. The second-order valence-electron chi connectivity index (χ2n) is 6.60. The smallest absolute Gasteiger partial charge is 0.275 e. The van der Waals surface area contributed by atoms with Crippen LogP contribution in [0.3, 0.4) is 0 Å². The minimum absolute atomic E-state index is 0.100. The van der Waals surface area contributed by atoms with Crippen molar-refractivity contribution in [2.45, 2.75) is 13.0 Å². The van der Waals surface area contributed by atoms with Crippen molar-refractivity contribution in [1.82, 2.24) is 25.4 Å². The normalized spacial score (nSPS) is 16.9. The van der Waals surface area contributed by atoms with Crippen LogP contribution < -0.4 is 5.32 Å². The van der Waals surface area contributed by atoms with E-state index in [1.54, 1.807) is 6.20 Å². The van der Waals surface area contributed by atoms with E-state index in [2.05, 4.69) is 20.5 Å². The van der Waals surface area contributed by atoms with E-state index in [1.165, 1.54) is 0 Å². The summed E-state index contributed by atoms with van der Waals surface area (Å²) in [4.78, 5) is 19.5. The van der Waals surface area contributed by atoms with Gasteiger partial charge in [-0.2, -0.15) is 0 Å². The van der Waals surface area contributed by atoms with Gasteiger partial charge in [-0.25, -0.2) is 0 Å². The molecule has 0 spiro atoms. The molecule has 1 unspecified atom stereocenters. The minimum atomic E-state index is -0.109. The van der Waals surface area contributed by atoms with Crippen LogP contribution in [0.4, 0.5) is 0 Å². The molecule has 0 bridgehead atoms. The monoisotopic (exact) mass is 359 g/mol. The van der Waals surface area contributed by atoms with Gasteiger partial charge in [0.05, 0.1) is 17.4 Å². The zero-order chi connectivity index (χ0) is 18.6. The highest BCUT2D eigenvalue weighted by molar-refractivity contribution is 5.94. The van der Waals surface area contributed by atoms with Gasteiger partial charge in [0.2, 0.25) is 0 Å².